The summed E-state index contributed by atoms with van der Waals surface area (Å²) in [4.78, 5) is 11.1. The smallest absolute Gasteiger partial charge is 0.309 e. The zero-order valence-corrected chi connectivity index (χ0v) is 9.01. The van der Waals surface area contributed by atoms with Crippen LogP contribution >= 0.6 is 0 Å². The summed E-state index contributed by atoms with van der Waals surface area (Å²) in [6.07, 6.45) is 0.451. The van der Waals surface area contributed by atoms with Crippen LogP contribution < -0.4 is 0 Å². The molecule has 2 nitrogen and oxygen atoms in total. The first-order valence-electron chi connectivity index (χ1n) is 5.51. The summed E-state index contributed by atoms with van der Waals surface area (Å²) in [7, 11) is 0. The van der Waals surface area contributed by atoms with Crippen molar-refractivity contribution in [2.45, 2.75) is 51.9 Å². The van der Waals surface area contributed by atoms with Crippen molar-refractivity contribution in [3.05, 3.63) is 0 Å². The van der Waals surface area contributed by atoms with Gasteiger partial charge in [0.1, 0.15) is 0 Å². The van der Waals surface area contributed by atoms with Crippen molar-refractivity contribution < 1.29 is 18.7 Å². The number of alkyl halides is 2. The van der Waals surface area contributed by atoms with Crippen molar-refractivity contribution in [3.63, 3.8) is 0 Å². The molecule has 1 fully saturated rings. The van der Waals surface area contributed by atoms with Crippen molar-refractivity contribution in [2.75, 3.05) is 0 Å². The number of halogens is 2. The van der Waals surface area contributed by atoms with Gasteiger partial charge in [0.15, 0.2) is 0 Å². The van der Waals surface area contributed by atoms with Crippen LogP contribution in [0.3, 0.4) is 0 Å². The molecule has 88 valence electrons. The van der Waals surface area contributed by atoms with E-state index in [4.69, 9.17) is 5.11 Å². The van der Waals surface area contributed by atoms with Crippen LogP contribution in [0.5, 0.6) is 0 Å². The topological polar surface area (TPSA) is 37.3 Å². The lowest BCUT2D eigenvalue weighted by molar-refractivity contribution is -0.155. The maximum absolute atomic E-state index is 12.4. The normalized spacial score (nSPS) is 31.9. The molecule has 1 aliphatic carbocycles. The Labute approximate surface area is 88.7 Å². The van der Waals surface area contributed by atoms with Gasteiger partial charge in [-0.3, -0.25) is 4.79 Å². The van der Waals surface area contributed by atoms with Crippen LogP contribution in [0.4, 0.5) is 8.78 Å². The molecule has 1 N–H and O–H groups in total. The third-order valence-electron chi connectivity index (χ3n) is 3.52. The Bertz CT molecular complexity index is 231. The van der Waals surface area contributed by atoms with Gasteiger partial charge in [-0.15, -0.1) is 0 Å². The van der Waals surface area contributed by atoms with Crippen molar-refractivity contribution in [3.8, 4) is 0 Å². The predicted octanol–water partition coefficient (Wildman–Crippen LogP) is 3.31. The Hall–Kier alpha value is -0.670. The van der Waals surface area contributed by atoms with Gasteiger partial charge in [-0.1, -0.05) is 26.2 Å². The van der Waals surface area contributed by atoms with Gasteiger partial charge in [-0.25, -0.2) is 8.78 Å². The highest BCUT2D eigenvalue weighted by Crippen LogP contribution is 2.44. The van der Waals surface area contributed by atoms with Crippen molar-refractivity contribution in [1.82, 2.24) is 0 Å². The minimum atomic E-state index is -2.52. The lowest BCUT2D eigenvalue weighted by Gasteiger charge is -2.37. The fourth-order valence-electron chi connectivity index (χ4n) is 2.60. The van der Waals surface area contributed by atoms with E-state index in [-0.39, 0.29) is 0 Å². The number of aliphatic carboxylic acids is 1. The van der Waals surface area contributed by atoms with Crippen LogP contribution in [-0.4, -0.2) is 17.5 Å². The molecular formula is C11H18F2O2. The summed E-state index contributed by atoms with van der Waals surface area (Å²) in [5.41, 5.74) is -1.16. The summed E-state index contributed by atoms with van der Waals surface area (Å²) in [5.74, 6) is -0.741. The quantitative estimate of drug-likeness (QED) is 0.789. The molecule has 2 atom stereocenters. The van der Waals surface area contributed by atoms with Crippen molar-refractivity contribution >= 4 is 5.97 Å². The van der Waals surface area contributed by atoms with Gasteiger partial charge in [0.25, 0.3) is 0 Å². The summed E-state index contributed by atoms with van der Waals surface area (Å²) in [5, 5.41) is 9.12. The van der Waals surface area contributed by atoms with E-state index in [0.29, 0.717) is 18.8 Å². The highest BCUT2D eigenvalue weighted by molar-refractivity contribution is 5.74. The van der Waals surface area contributed by atoms with Gasteiger partial charge in [-0.05, 0) is 18.8 Å². The van der Waals surface area contributed by atoms with Crippen LogP contribution in [0.1, 0.15) is 45.4 Å². The number of carboxylic acids is 1. The molecule has 1 rings (SSSR count). The molecule has 0 aromatic carbocycles. The molecule has 4 heteroatoms. The van der Waals surface area contributed by atoms with Crippen molar-refractivity contribution in [1.29, 1.82) is 0 Å². The average molecular weight is 220 g/mol. The number of carboxylic acid groups (broad SMARTS) is 1. The van der Waals surface area contributed by atoms with Crippen LogP contribution in [0, 0.1) is 11.3 Å². The third-order valence-corrected chi connectivity index (χ3v) is 3.52. The molecule has 0 aliphatic heterocycles. The van der Waals surface area contributed by atoms with Gasteiger partial charge in [-0.2, -0.15) is 0 Å². The van der Waals surface area contributed by atoms with E-state index in [0.717, 1.165) is 19.3 Å². The summed E-state index contributed by atoms with van der Waals surface area (Å²) < 4.78 is 24.8. The fraction of sp³-hybridized carbons (Fsp3) is 0.909. The first kappa shape index (κ1) is 12.4. The number of carbonyl (C=O) groups is 1. The molecule has 1 aliphatic rings. The lowest BCUT2D eigenvalue weighted by Crippen LogP contribution is -2.38. The fourth-order valence-corrected chi connectivity index (χ4v) is 2.60. The summed E-state index contributed by atoms with van der Waals surface area (Å²) in [6.45, 7) is 1.99. The van der Waals surface area contributed by atoms with E-state index in [1.54, 1.807) is 0 Å². The number of rotatable bonds is 4. The van der Waals surface area contributed by atoms with Gasteiger partial charge in [0.05, 0.1) is 5.41 Å². The van der Waals surface area contributed by atoms with Crippen molar-refractivity contribution in [2.24, 2.45) is 11.3 Å². The molecule has 15 heavy (non-hydrogen) atoms. The SMILES string of the molecule is CCC1CCCC(CC(F)F)(C(=O)O)C1. The molecule has 1 saturated carbocycles. The minimum absolute atomic E-state index is 0.300. The number of hydrogen-bond acceptors (Lipinski definition) is 1. The van der Waals surface area contributed by atoms with E-state index in [2.05, 4.69) is 0 Å². The molecular weight excluding hydrogens is 202 g/mol. The second-order valence-electron chi connectivity index (χ2n) is 4.55. The van der Waals surface area contributed by atoms with Crippen LogP contribution in [0.15, 0.2) is 0 Å². The summed E-state index contributed by atoms with van der Waals surface area (Å²) in [6, 6.07) is 0. The molecule has 0 radical (unpaired) electrons. The monoisotopic (exact) mass is 220 g/mol. The third kappa shape index (κ3) is 2.89. The molecule has 0 aromatic heterocycles. The number of hydrogen-bond donors (Lipinski definition) is 1. The molecule has 0 amide bonds. The average Bonchev–Trinajstić information content (AvgIpc) is 2.16. The van der Waals surface area contributed by atoms with Gasteiger partial charge in [0.2, 0.25) is 6.43 Å². The van der Waals surface area contributed by atoms with Crippen LogP contribution in [-0.2, 0) is 4.79 Å². The molecule has 0 spiro atoms. The molecule has 0 saturated heterocycles. The van der Waals surface area contributed by atoms with Gasteiger partial charge in [0, 0.05) is 6.42 Å². The highest BCUT2D eigenvalue weighted by Gasteiger charge is 2.44. The van der Waals surface area contributed by atoms with Gasteiger partial charge >= 0.3 is 5.97 Å². The molecule has 0 aromatic rings. The second-order valence-corrected chi connectivity index (χ2v) is 4.55. The zero-order valence-electron chi connectivity index (χ0n) is 9.01. The Morgan fingerprint density at radius 2 is 2.27 bits per heavy atom. The van der Waals surface area contributed by atoms with E-state index in [1.807, 2.05) is 6.92 Å². The van der Waals surface area contributed by atoms with E-state index >= 15 is 0 Å². The van der Waals surface area contributed by atoms with E-state index < -0.39 is 24.2 Å². The van der Waals surface area contributed by atoms with E-state index in [1.165, 1.54) is 0 Å². The van der Waals surface area contributed by atoms with Gasteiger partial charge < -0.3 is 5.11 Å². The maximum Gasteiger partial charge on any atom is 0.309 e. The highest BCUT2D eigenvalue weighted by atomic mass is 19.3. The molecule has 0 bridgehead atoms. The molecule has 0 heterocycles. The molecule has 2 unspecified atom stereocenters. The maximum atomic E-state index is 12.4. The zero-order chi connectivity index (χ0) is 11.5. The lowest BCUT2D eigenvalue weighted by atomic mass is 9.67. The second kappa shape index (κ2) is 4.90. The Balaban J connectivity index is 2.75. The summed E-state index contributed by atoms with van der Waals surface area (Å²) >= 11 is 0. The largest absolute Gasteiger partial charge is 0.481 e. The standard InChI is InChI=1S/C11H18F2O2/c1-2-8-4-3-5-11(6-8,10(14)15)7-9(12)13/h8-9H,2-7H2,1H3,(H,14,15). The first-order valence-corrected chi connectivity index (χ1v) is 5.51. The first-order chi connectivity index (χ1) is 7.00. The Morgan fingerprint density at radius 3 is 2.73 bits per heavy atom. The Kier molecular flexibility index (Phi) is 4.05. The van der Waals surface area contributed by atoms with Crippen LogP contribution in [0.25, 0.3) is 0 Å². The van der Waals surface area contributed by atoms with Crippen LogP contribution in [0.2, 0.25) is 0 Å². The van der Waals surface area contributed by atoms with E-state index in [9.17, 15) is 13.6 Å². The minimum Gasteiger partial charge on any atom is -0.481 e. The Morgan fingerprint density at radius 1 is 1.60 bits per heavy atom. The predicted molar refractivity (Wildman–Crippen MR) is 52.9 cm³/mol.